The monoisotopic (exact) mass is 295 g/mol. The van der Waals surface area contributed by atoms with Crippen molar-refractivity contribution in [3.8, 4) is 0 Å². The van der Waals surface area contributed by atoms with Crippen molar-refractivity contribution >= 4 is 17.6 Å². The van der Waals surface area contributed by atoms with Crippen molar-refractivity contribution in [1.29, 1.82) is 0 Å². The summed E-state index contributed by atoms with van der Waals surface area (Å²) in [7, 11) is 0. The van der Waals surface area contributed by atoms with E-state index in [1.54, 1.807) is 16.8 Å². The first-order valence-electron chi connectivity index (χ1n) is 7.43. The Morgan fingerprint density at radius 3 is 2.57 bits per heavy atom. The normalized spacial score (nSPS) is 10.7. The Bertz CT molecular complexity index is 479. The second-order valence-electron chi connectivity index (χ2n) is 5.01. The van der Waals surface area contributed by atoms with Crippen LogP contribution in [0.3, 0.4) is 0 Å². The molecule has 0 bridgehead atoms. The van der Waals surface area contributed by atoms with Crippen molar-refractivity contribution in [2.75, 3.05) is 12.3 Å². The van der Waals surface area contributed by atoms with Crippen molar-refractivity contribution in [3.63, 3.8) is 0 Å². The highest BCUT2D eigenvalue weighted by atomic mass is 16.5. The minimum atomic E-state index is -0.528. The fourth-order valence-electron chi connectivity index (χ4n) is 2.10. The number of rotatable bonds is 8. The van der Waals surface area contributed by atoms with Crippen LogP contribution in [0.4, 0.5) is 5.69 Å². The molecule has 0 aromatic carbocycles. The molecular weight excluding hydrogens is 270 g/mol. The number of nitrogens with one attached hydrogen (secondary N) is 1. The van der Waals surface area contributed by atoms with Crippen LogP contribution < -0.4 is 11.1 Å². The van der Waals surface area contributed by atoms with E-state index in [-0.39, 0.29) is 18.6 Å². The fraction of sp³-hybridized carbons (Fsp3) is 0.600. The Kier molecular flexibility index (Phi) is 6.78. The number of esters is 1. The molecule has 6 heteroatoms. The summed E-state index contributed by atoms with van der Waals surface area (Å²) in [6.45, 7) is 6.42. The van der Waals surface area contributed by atoms with Crippen molar-refractivity contribution < 1.29 is 14.3 Å². The van der Waals surface area contributed by atoms with Gasteiger partial charge in [0.1, 0.15) is 5.69 Å². The molecule has 3 N–H and O–H groups in total. The van der Waals surface area contributed by atoms with Gasteiger partial charge in [0.2, 0.25) is 0 Å². The van der Waals surface area contributed by atoms with Gasteiger partial charge in [-0.15, -0.1) is 0 Å². The molecule has 0 spiro atoms. The molecule has 21 heavy (non-hydrogen) atoms. The lowest BCUT2D eigenvalue weighted by atomic mass is 10.2. The average Bonchev–Trinajstić information content (AvgIpc) is 2.83. The van der Waals surface area contributed by atoms with E-state index in [0.29, 0.717) is 17.9 Å². The second kappa shape index (κ2) is 8.34. The Hall–Kier alpha value is -1.98. The summed E-state index contributed by atoms with van der Waals surface area (Å²) in [6, 6.07) is 1.69. The minimum absolute atomic E-state index is 0.121. The lowest BCUT2D eigenvalue weighted by Gasteiger charge is -2.14. The van der Waals surface area contributed by atoms with E-state index in [4.69, 9.17) is 10.5 Å². The van der Waals surface area contributed by atoms with Gasteiger partial charge in [-0.3, -0.25) is 4.79 Å². The van der Waals surface area contributed by atoms with Crippen molar-refractivity contribution in [2.24, 2.45) is 0 Å². The van der Waals surface area contributed by atoms with E-state index in [2.05, 4.69) is 5.32 Å². The molecule has 1 amide bonds. The molecule has 1 heterocycles. The summed E-state index contributed by atoms with van der Waals surface area (Å²) in [5.41, 5.74) is 6.59. The van der Waals surface area contributed by atoms with Crippen molar-refractivity contribution in [1.82, 2.24) is 9.88 Å². The number of hydrogen-bond donors (Lipinski definition) is 2. The minimum Gasteiger partial charge on any atom is -0.451 e. The largest absolute Gasteiger partial charge is 0.451 e. The van der Waals surface area contributed by atoms with E-state index in [9.17, 15) is 9.59 Å². The first-order chi connectivity index (χ1) is 10.0. The van der Waals surface area contributed by atoms with Gasteiger partial charge in [-0.2, -0.15) is 0 Å². The number of nitrogen functional groups attached to an aromatic ring is 1. The number of aromatic nitrogens is 1. The van der Waals surface area contributed by atoms with Gasteiger partial charge in [-0.05, 0) is 25.3 Å². The van der Waals surface area contributed by atoms with Crippen molar-refractivity contribution in [3.05, 3.63) is 18.0 Å². The van der Waals surface area contributed by atoms with Crippen LogP contribution >= 0.6 is 0 Å². The van der Waals surface area contributed by atoms with Crippen LogP contribution in [0, 0.1) is 0 Å². The fourth-order valence-corrected chi connectivity index (χ4v) is 2.10. The van der Waals surface area contributed by atoms with Gasteiger partial charge >= 0.3 is 5.97 Å². The predicted molar refractivity (Wildman–Crippen MR) is 81.9 cm³/mol. The summed E-state index contributed by atoms with van der Waals surface area (Å²) in [5, 5.41) is 2.82. The standard InChI is InChI=1S/C15H25N3O3/c1-4-7-18-9-11(16)8-13(18)15(20)21-10-14(19)17-12(5-2)6-3/h8-9,12H,4-7,10,16H2,1-3H3,(H,17,19). The molecule has 0 fully saturated rings. The zero-order valence-electron chi connectivity index (χ0n) is 13.0. The Balaban J connectivity index is 2.55. The number of ether oxygens (including phenoxy) is 1. The molecule has 0 saturated heterocycles. The van der Waals surface area contributed by atoms with Gasteiger partial charge in [0.25, 0.3) is 5.91 Å². The number of carbonyl (C=O) groups excluding carboxylic acids is 2. The lowest BCUT2D eigenvalue weighted by Crippen LogP contribution is -2.37. The maximum Gasteiger partial charge on any atom is 0.355 e. The van der Waals surface area contributed by atoms with Crippen LogP contribution in [0.5, 0.6) is 0 Å². The number of nitrogens with zero attached hydrogens (tertiary/aromatic N) is 1. The van der Waals surface area contributed by atoms with E-state index >= 15 is 0 Å². The van der Waals surface area contributed by atoms with E-state index in [0.717, 1.165) is 19.3 Å². The molecule has 6 nitrogen and oxygen atoms in total. The first-order valence-corrected chi connectivity index (χ1v) is 7.43. The van der Waals surface area contributed by atoms with E-state index < -0.39 is 5.97 Å². The van der Waals surface area contributed by atoms with Gasteiger partial charge in [0.05, 0.1) is 5.69 Å². The molecule has 0 aliphatic rings. The third kappa shape index (κ3) is 5.13. The van der Waals surface area contributed by atoms with Gasteiger partial charge in [-0.1, -0.05) is 20.8 Å². The summed E-state index contributed by atoms with van der Waals surface area (Å²) in [4.78, 5) is 23.7. The maximum atomic E-state index is 12.0. The van der Waals surface area contributed by atoms with Gasteiger partial charge < -0.3 is 20.4 Å². The number of hydrogen-bond acceptors (Lipinski definition) is 4. The number of carbonyl (C=O) groups is 2. The summed E-state index contributed by atoms with van der Waals surface area (Å²) in [6.07, 6.45) is 4.28. The van der Waals surface area contributed by atoms with Crippen LogP contribution in [0.1, 0.15) is 50.5 Å². The molecule has 1 aromatic heterocycles. The molecule has 0 unspecified atom stereocenters. The Morgan fingerprint density at radius 2 is 2.00 bits per heavy atom. The zero-order chi connectivity index (χ0) is 15.8. The third-order valence-corrected chi connectivity index (χ3v) is 3.28. The smallest absolute Gasteiger partial charge is 0.355 e. The zero-order valence-corrected chi connectivity index (χ0v) is 13.0. The number of nitrogens with two attached hydrogens (primary N) is 1. The van der Waals surface area contributed by atoms with Gasteiger partial charge in [0.15, 0.2) is 6.61 Å². The molecular formula is C15H25N3O3. The topological polar surface area (TPSA) is 86.3 Å². The van der Waals surface area contributed by atoms with Gasteiger partial charge in [-0.25, -0.2) is 4.79 Å². The van der Waals surface area contributed by atoms with Crippen LogP contribution in [0.2, 0.25) is 0 Å². The van der Waals surface area contributed by atoms with Crippen LogP contribution in [0.15, 0.2) is 12.3 Å². The van der Waals surface area contributed by atoms with Gasteiger partial charge in [0, 0.05) is 18.8 Å². The molecule has 0 atom stereocenters. The molecule has 0 aliphatic carbocycles. The quantitative estimate of drug-likeness (QED) is 0.718. The van der Waals surface area contributed by atoms with Crippen molar-refractivity contribution in [2.45, 2.75) is 52.6 Å². The summed E-state index contributed by atoms with van der Waals surface area (Å²) >= 11 is 0. The maximum absolute atomic E-state index is 12.0. The number of amides is 1. The predicted octanol–water partition coefficient (Wildman–Crippen LogP) is 1.94. The highest BCUT2D eigenvalue weighted by Crippen LogP contribution is 2.12. The van der Waals surface area contributed by atoms with E-state index in [1.807, 2.05) is 20.8 Å². The summed E-state index contributed by atoms with van der Waals surface area (Å²) in [5.74, 6) is -0.807. The molecule has 0 aliphatic heterocycles. The average molecular weight is 295 g/mol. The third-order valence-electron chi connectivity index (χ3n) is 3.28. The van der Waals surface area contributed by atoms with E-state index in [1.165, 1.54) is 0 Å². The highest BCUT2D eigenvalue weighted by molar-refractivity contribution is 5.91. The summed E-state index contributed by atoms with van der Waals surface area (Å²) < 4.78 is 6.80. The first kappa shape index (κ1) is 17.1. The molecule has 118 valence electrons. The molecule has 0 radical (unpaired) electrons. The van der Waals surface area contributed by atoms with Crippen LogP contribution in [-0.4, -0.2) is 29.1 Å². The number of aryl methyl sites for hydroxylation is 1. The second-order valence-corrected chi connectivity index (χ2v) is 5.01. The Morgan fingerprint density at radius 1 is 1.33 bits per heavy atom. The van der Waals surface area contributed by atoms with Crippen LogP contribution in [-0.2, 0) is 16.1 Å². The van der Waals surface area contributed by atoms with Crippen LogP contribution in [0.25, 0.3) is 0 Å². The molecule has 0 saturated carbocycles. The highest BCUT2D eigenvalue weighted by Gasteiger charge is 2.16. The Labute approximate surface area is 125 Å². The SMILES string of the molecule is CCCn1cc(N)cc1C(=O)OCC(=O)NC(CC)CC. The molecule has 1 rings (SSSR count). The number of anilines is 1. The lowest BCUT2D eigenvalue weighted by molar-refractivity contribution is -0.125. The molecule has 1 aromatic rings.